The summed E-state index contributed by atoms with van der Waals surface area (Å²) in [6.45, 7) is 4.70. The van der Waals surface area contributed by atoms with E-state index in [0.717, 1.165) is 36.5 Å². The molecule has 23 heavy (non-hydrogen) atoms. The van der Waals surface area contributed by atoms with E-state index in [1.165, 1.54) is 5.56 Å². The van der Waals surface area contributed by atoms with Crippen molar-refractivity contribution in [2.75, 3.05) is 13.2 Å². The van der Waals surface area contributed by atoms with Crippen molar-refractivity contribution in [3.8, 4) is 0 Å². The Morgan fingerprint density at radius 2 is 1.78 bits per heavy atom. The third-order valence-electron chi connectivity index (χ3n) is 3.94. The highest BCUT2D eigenvalue weighted by atomic mass is 16.3. The fourth-order valence-corrected chi connectivity index (χ4v) is 2.82. The fraction of sp³-hybridized carbons (Fsp3) is 0.316. The van der Waals surface area contributed by atoms with Crippen molar-refractivity contribution in [1.29, 1.82) is 0 Å². The zero-order valence-corrected chi connectivity index (χ0v) is 13.4. The van der Waals surface area contributed by atoms with E-state index in [4.69, 9.17) is 0 Å². The van der Waals surface area contributed by atoms with Crippen LogP contribution in [0, 0.1) is 5.92 Å². The second-order valence-electron chi connectivity index (χ2n) is 6.14. The van der Waals surface area contributed by atoms with E-state index in [-0.39, 0.29) is 12.5 Å². The Balaban J connectivity index is 1.76. The number of imidazole rings is 1. The third-order valence-corrected chi connectivity index (χ3v) is 3.94. The minimum absolute atomic E-state index is 0.200. The summed E-state index contributed by atoms with van der Waals surface area (Å²) in [6, 6.07) is 18.5. The van der Waals surface area contributed by atoms with E-state index < -0.39 is 0 Å². The molecule has 4 heteroatoms. The summed E-state index contributed by atoms with van der Waals surface area (Å²) in [5.41, 5.74) is 3.34. The molecule has 0 fully saturated rings. The van der Waals surface area contributed by atoms with Gasteiger partial charge in [0, 0.05) is 19.7 Å². The minimum atomic E-state index is 0.200. The Labute approximate surface area is 136 Å². The van der Waals surface area contributed by atoms with Crippen LogP contribution >= 0.6 is 0 Å². The molecule has 1 heterocycles. The Kier molecular flexibility index (Phi) is 5.05. The maximum absolute atomic E-state index is 9.38. The number of aromatic nitrogens is 2. The number of para-hydroxylation sites is 2. The smallest absolute Gasteiger partial charge is 0.121 e. The lowest BCUT2D eigenvalue weighted by molar-refractivity contribution is 0.161. The van der Waals surface area contributed by atoms with Crippen LogP contribution in [-0.2, 0) is 13.1 Å². The molecule has 0 saturated heterocycles. The number of aromatic amines is 1. The Bertz CT molecular complexity index is 705. The van der Waals surface area contributed by atoms with Gasteiger partial charge in [-0.2, -0.15) is 0 Å². The van der Waals surface area contributed by atoms with Gasteiger partial charge in [0.1, 0.15) is 5.82 Å². The average molecular weight is 309 g/mol. The molecule has 0 saturated carbocycles. The number of nitrogens with zero attached hydrogens (tertiary/aromatic N) is 2. The lowest BCUT2D eigenvalue weighted by Gasteiger charge is -2.24. The van der Waals surface area contributed by atoms with Crippen LogP contribution in [0.3, 0.4) is 0 Å². The van der Waals surface area contributed by atoms with Gasteiger partial charge in [-0.3, -0.25) is 4.90 Å². The van der Waals surface area contributed by atoms with E-state index >= 15 is 0 Å². The number of benzene rings is 2. The summed E-state index contributed by atoms with van der Waals surface area (Å²) in [4.78, 5) is 10.4. The maximum Gasteiger partial charge on any atom is 0.121 e. The summed E-state index contributed by atoms with van der Waals surface area (Å²) in [6.07, 6.45) is 0. The van der Waals surface area contributed by atoms with Gasteiger partial charge >= 0.3 is 0 Å². The first-order valence-electron chi connectivity index (χ1n) is 8.05. The maximum atomic E-state index is 9.38. The zero-order valence-electron chi connectivity index (χ0n) is 13.4. The molecule has 0 bridgehead atoms. The quantitative estimate of drug-likeness (QED) is 0.705. The van der Waals surface area contributed by atoms with Gasteiger partial charge in [0.25, 0.3) is 0 Å². The molecule has 3 rings (SSSR count). The first kappa shape index (κ1) is 15.7. The molecule has 0 radical (unpaired) electrons. The number of hydrogen-bond donors (Lipinski definition) is 2. The summed E-state index contributed by atoms with van der Waals surface area (Å²) < 4.78 is 0. The highest BCUT2D eigenvalue weighted by Crippen LogP contribution is 2.14. The predicted molar refractivity (Wildman–Crippen MR) is 92.9 cm³/mol. The molecule has 2 N–H and O–H groups in total. The molecular formula is C19H23N3O. The van der Waals surface area contributed by atoms with Crippen LogP contribution in [0.4, 0.5) is 0 Å². The normalized spacial score (nSPS) is 12.8. The highest BCUT2D eigenvalue weighted by Gasteiger charge is 2.13. The zero-order chi connectivity index (χ0) is 16.1. The van der Waals surface area contributed by atoms with Gasteiger partial charge in [-0.05, 0) is 23.6 Å². The monoisotopic (exact) mass is 309 g/mol. The lowest BCUT2D eigenvalue weighted by atomic mass is 10.1. The Morgan fingerprint density at radius 1 is 1.04 bits per heavy atom. The lowest BCUT2D eigenvalue weighted by Crippen LogP contribution is -2.29. The van der Waals surface area contributed by atoms with Crippen LogP contribution in [0.2, 0.25) is 0 Å². The first-order valence-corrected chi connectivity index (χ1v) is 8.05. The van der Waals surface area contributed by atoms with Crippen LogP contribution in [0.25, 0.3) is 11.0 Å². The van der Waals surface area contributed by atoms with Gasteiger partial charge in [0.2, 0.25) is 0 Å². The number of aliphatic hydroxyl groups excluding tert-OH is 1. The minimum Gasteiger partial charge on any atom is -0.396 e. The van der Waals surface area contributed by atoms with Crippen LogP contribution in [0.1, 0.15) is 18.3 Å². The Hall–Kier alpha value is -2.17. The third kappa shape index (κ3) is 4.18. The van der Waals surface area contributed by atoms with E-state index in [2.05, 4.69) is 46.1 Å². The standard InChI is InChI=1S/C19H23N3O/c1-15(14-23)11-22(12-16-7-3-2-4-8-16)13-19-20-17-9-5-6-10-18(17)21-19/h2-10,15,23H,11-14H2,1H3,(H,20,21). The number of H-pyrrole nitrogens is 1. The molecule has 3 aromatic rings. The molecular weight excluding hydrogens is 286 g/mol. The van der Waals surface area contributed by atoms with E-state index in [1.807, 2.05) is 30.3 Å². The van der Waals surface area contributed by atoms with Gasteiger partial charge in [-0.15, -0.1) is 0 Å². The average Bonchev–Trinajstić information content (AvgIpc) is 2.97. The topological polar surface area (TPSA) is 52.1 Å². The summed E-state index contributed by atoms with van der Waals surface area (Å²) in [7, 11) is 0. The van der Waals surface area contributed by atoms with Crippen molar-refractivity contribution in [2.45, 2.75) is 20.0 Å². The Morgan fingerprint density at radius 3 is 2.52 bits per heavy atom. The largest absolute Gasteiger partial charge is 0.396 e. The van der Waals surface area contributed by atoms with Crippen molar-refractivity contribution in [3.63, 3.8) is 0 Å². The van der Waals surface area contributed by atoms with Crippen molar-refractivity contribution in [2.24, 2.45) is 5.92 Å². The van der Waals surface area contributed by atoms with Crippen LogP contribution in [0.15, 0.2) is 54.6 Å². The number of hydrogen-bond acceptors (Lipinski definition) is 3. The molecule has 0 aliphatic heterocycles. The predicted octanol–water partition coefficient (Wildman–Crippen LogP) is 3.19. The molecule has 1 aromatic heterocycles. The number of aliphatic hydroxyl groups is 1. The molecule has 1 atom stereocenters. The number of fused-ring (bicyclic) bond motifs is 1. The number of nitrogens with one attached hydrogen (secondary N) is 1. The van der Waals surface area contributed by atoms with Gasteiger partial charge < -0.3 is 10.1 Å². The van der Waals surface area contributed by atoms with E-state index in [0.29, 0.717) is 0 Å². The molecule has 0 aliphatic rings. The summed E-state index contributed by atoms with van der Waals surface area (Å²) in [5, 5.41) is 9.38. The van der Waals surface area contributed by atoms with E-state index in [9.17, 15) is 5.11 Å². The van der Waals surface area contributed by atoms with Crippen LogP contribution in [-0.4, -0.2) is 33.1 Å². The summed E-state index contributed by atoms with van der Waals surface area (Å²) >= 11 is 0. The molecule has 4 nitrogen and oxygen atoms in total. The SMILES string of the molecule is CC(CO)CN(Cc1ccccc1)Cc1nc2ccccc2[nH]1. The van der Waals surface area contributed by atoms with Crippen molar-refractivity contribution < 1.29 is 5.11 Å². The van der Waals surface area contributed by atoms with E-state index in [1.54, 1.807) is 0 Å². The molecule has 1 unspecified atom stereocenters. The van der Waals surface area contributed by atoms with Gasteiger partial charge in [0.05, 0.1) is 17.6 Å². The molecule has 2 aromatic carbocycles. The number of rotatable bonds is 7. The van der Waals surface area contributed by atoms with Crippen molar-refractivity contribution in [3.05, 3.63) is 66.0 Å². The van der Waals surface area contributed by atoms with Gasteiger partial charge in [-0.1, -0.05) is 49.4 Å². The molecule has 0 amide bonds. The van der Waals surface area contributed by atoms with Crippen LogP contribution < -0.4 is 0 Å². The fourth-order valence-electron chi connectivity index (χ4n) is 2.82. The molecule has 120 valence electrons. The second-order valence-corrected chi connectivity index (χ2v) is 6.14. The van der Waals surface area contributed by atoms with Crippen molar-refractivity contribution in [1.82, 2.24) is 14.9 Å². The molecule has 0 aliphatic carbocycles. The molecule has 0 spiro atoms. The second kappa shape index (κ2) is 7.40. The van der Waals surface area contributed by atoms with Gasteiger partial charge in [-0.25, -0.2) is 4.98 Å². The van der Waals surface area contributed by atoms with Crippen molar-refractivity contribution >= 4 is 11.0 Å². The van der Waals surface area contributed by atoms with Crippen LogP contribution in [0.5, 0.6) is 0 Å². The highest BCUT2D eigenvalue weighted by molar-refractivity contribution is 5.74. The first-order chi connectivity index (χ1) is 11.2. The van der Waals surface area contributed by atoms with Gasteiger partial charge in [0.15, 0.2) is 0 Å². The summed E-state index contributed by atoms with van der Waals surface area (Å²) in [5.74, 6) is 1.20.